The van der Waals surface area contributed by atoms with Gasteiger partial charge in [0.1, 0.15) is 10.6 Å². The first-order chi connectivity index (χ1) is 16.1. The monoisotopic (exact) mass is 540 g/mol. The lowest BCUT2D eigenvalue weighted by Gasteiger charge is -2.23. The van der Waals surface area contributed by atoms with Gasteiger partial charge in [0.25, 0.3) is 0 Å². The molecule has 0 saturated carbocycles. The molecule has 0 radical (unpaired) electrons. The van der Waals surface area contributed by atoms with Crippen LogP contribution in [0.3, 0.4) is 0 Å². The van der Waals surface area contributed by atoms with Crippen LogP contribution in [0.25, 0.3) is 0 Å². The Morgan fingerprint density at radius 1 is 0.971 bits per heavy atom. The van der Waals surface area contributed by atoms with Crippen molar-refractivity contribution >= 4 is 56.4 Å². The number of nitrogens with zero attached hydrogens (tertiary/aromatic N) is 1. The summed E-state index contributed by atoms with van der Waals surface area (Å²) in [6.07, 6.45) is 0.412. The van der Waals surface area contributed by atoms with Gasteiger partial charge in [-0.25, -0.2) is 8.42 Å². The molecule has 0 aliphatic heterocycles. The highest BCUT2D eigenvalue weighted by atomic mass is 35.5. The number of aryl methyl sites for hydroxylation is 1. The minimum atomic E-state index is -4.08. The molecule has 0 saturated heterocycles. The molecule has 0 aliphatic rings. The van der Waals surface area contributed by atoms with E-state index in [1.165, 1.54) is 25.3 Å². The van der Waals surface area contributed by atoms with Crippen LogP contribution >= 0.6 is 34.8 Å². The SMILES string of the molecule is COc1ccc(C)cc1S(=O)(=O)N(CCc1ccccc1)CC(=O)Nc1cc(Cl)c(Cl)cc1Cl. The molecule has 0 spiro atoms. The van der Waals surface area contributed by atoms with Crippen LogP contribution in [0.15, 0.2) is 65.6 Å². The maximum Gasteiger partial charge on any atom is 0.247 e. The third-order valence-electron chi connectivity index (χ3n) is 5.03. The van der Waals surface area contributed by atoms with Gasteiger partial charge in [-0.1, -0.05) is 71.2 Å². The van der Waals surface area contributed by atoms with Gasteiger partial charge in [0.15, 0.2) is 0 Å². The summed E-state index contributed by atoms with van der Waals surface area (Å²) in [5.74, 6) is -0.383. The van der Waals surface area contributed by atoms with Gasteiger partial charge in [-0.2, -0.15) is 4.31 Å². The Morgan fingerprint density at radius 3 is 2.32 bits per heavy atom. The normalized spacial score (nSPS) is 11.5. The number of rotatable bonds is 9. The van der Waals surface area contributed by atoms with Crippen LogP contribution in [0, 0.1) is 6.92 Å². The first-order valence-electron chi connectivity index (χ1n) is 10.2. The molecule has 1 amide bonds. The van der Waals surface area contributed by atoms with Crippen LogP contribution in [-0.4, -0.2) is 38.8 Å². The van der Waals surface area contributed by atoms with E-state index < -0.39 is 22.5 Å². The van der Waals surface area contributed by atoms with Crippen LogP contribution in [0.5, 0.6) is 5.75 Å². The molecular formula is C24H23Cl3N2O4S. The average molecular weight is 542 g/mol. The van der Waals surface area contributed by atoms with E-state index in [2.05, 4.69) is 5.32 Å². The Bertz CT molecular complexity index is 1280. The quantitative estimate of drug-likeness (QED) is 0.346. The number of hydrogen-bond donors (Lipinski definition) is 1. The number of carbonyl (C=O) groups excluding carboxylic acids is 1. The van der Waals surface area contributed by atoms with Crippen LogP contribution in [-0.2, 0) is 21.2 Å². The molecule has 180 valence electrons. The molecule has 0 unspecified atom stereocenters. The van der Waals surface area contributed by atoms with Gasteiger partial charge in [-0.3, -0.25) is 4.79 Å². The van der Waals surface area contributed by atoms with Gasteiger partial charge < -0.3 is 10.1 Å². The van der Waals surface area contributed by atoms with Gasteiger partial charge >= 0.3 is 0 Å². The van der Waals surface area contributed by atoms with Crippen molar-refractivity contribution < 1.29 is 17.9 Å². The van der Waals surface area contributed by atoms with Gasteiger partial charge in [0.2, 0.25) is 15.9 Å². The second-order valence-corrected chi connectivity index (χ2v) is 10.7. The zero-order valence-corrected chi connectivity index (χ0v) is 21.6. The number of nitrogens with one attached hydrogen (secondary N) is 1. The van der Waals surface area contributed by atoms with Crippen molar-refractivity contribution in [2.24, 2.45) is 0 Å². The van der Waals surface area contributed by atoms with E-state index in [1.54, 1.807) is 19.1 Å². The van der Waals surface area contributed by atoms with Gasteiger partial charge in [0.05, 0.1) is 34.4 Å². The van der Waals surface area contributed by atoms with Crippen molar-refractivity contribution in [2.45, 2.75) is 18.2 Å². The number of amides is 1. The minimum Gasteiger partial charge on any atom is -0.495 e. The van der Waals surface area contributed by atoms with Crippen molar-refractivity contribution in [2.75, 3.05) is 25.5 Å². The third-order valence-corrected chi connectivity index (χ3v) is 7.93. The van der Waals surface area contributed by atoms with Crippen molar-refractivity contribution in [3.05, 3.63) is 86.9 Å². The molecule has 0 fully saturated rings. The summed E-state index contributed by atoms with van der Waals surface area (Å²) in [7, 11) is -2.68. The first-order valence-corrected chi connectivity index (χ1v) is 12.8. The van der Waals surface area contributed by atoms with Crippen LogP contribution < -0.4 is 10.1 Å². The summed E-state index contributed by atoms with van der Waals surface area (Å²) in [5, 5.41) is 3.25. The number of anilines is 1. The summed E-state index contributed by atoms with van der Waals surface area (Å²) in [5.41, 5.74) is 1.91. The molecular weight excluding hydrogens is 519 g/mol. The highest BCUT2D eigenvalue weighted by Gasteiger charge is 2.30. The molecule has 0 atom stereocenters. The second kappa shape index (κ2) is 11.4. The summed E-state index contributed by atoms with van der Waals surface area (Å²) in [6, 6.07) is 17.1. The van der Waals surface area contributed by atoms with E-state index in [9.17, 15) is 13.2 Å². The summed E-state index contributed by atoms with van der Waals surface area (Å²) < 4.78 is 33.7. The molecule has 0 aromatic heterocycles. The maximum atomic E-state index is 13.6. The van der Waals surface area contributed by atoms with Crippen LogP contribution in [0.2, 0.25) is 15.1 Å². The molecule has 3 rings (SSSR count). The van der Waals surface area contributed by atoms with Crippen LogP contribution in [0.1, 0.15) is 11.1 Å². The summed E-state index contributed by atoms with van der Waals surface area (Å²) in [6.45, 7) is 1.42. The molecule has 0 heterocycles. The van der Waals surface area contributed by atoms with Gasteiger partial charge in [-0.05, 0) is 48.7 Å². The number of benzene rings is 3. The summed E-state index contributed by atoms with van der Waals surface area (Å²) in [4.78, 5) is 12.9. The molecule has 3 aromatic carbocycles. The number of carbonyl (C=O) groups is 1. The van der Waals surface area contributed by atoms with Crippen molar-refractivity contribution in [1.29, 1.82) is 0 Å². The molecule has 3 aromatic rings. The number of methoxy groups -OCH3 is 1. The highest BCUT2D eigenvalue weighted by Crippen LogP contribution is 2.32. The minimum absolute atomic E-state index is 0.0107. The van der Waals surface area contributed by atoms with E-state index in [0.717, 1.165) is 15.4 Å². The second-order valence-electron chi connectivity index (χ2n) is 7.52. The fourth-order valence-electron chi connectivity index (χ4n) is 3.28. The molecule has 1 N–H and O–H groups in total. The zero-order valence-electron chi connectivity index (χ0n) is 18.5. The molecule has 0 bridgehead atoms. The Kier molecular flexibility index (Phi) is 8.84. The van der Waals surface area contributed by atoms with E-state index in [-0.39, 0.29) is 37.9 Å². The van der Waals surface area contributed by atoms with Crippen LogP contribution in [0.4, 0.5) is 5.69 Å². The van der Waals surface area contributed by atoms with E-state index in [0.29, 0.717) is 6.42 Å². The summed E-state index contributed by atoms with van der Waals surface area (Å²) >= 11 is 18.1. The fraction of sp³-hybridized carbons (Fsp3) is 0.208. The maximum absolute atomic E-state index is 13.6. The Balaban J connectivity index is 1.91. The largest absolute Gasteiger partial charge is 0.495 e. The number of ether oxygens (including phenoxy) is 1. The topological polar surface area (TPSA) is 75.7 Å². The lowest BCUT2D eigenvalue weighted by atomic mass is 10.1. The van der Waals surface area contributed by atoms with Gasteiger partial charge in [0, 0.05) is 6.54 Å². The fourth-order valence-corrected chi connectivity index (χ4v) is 5.51. The molecule has 6 nitrogen and oxygen atoms in total. The highest BCUT2D eigenvalue weighted by molar-refractivity contribution is 7.89. The third kappa shape index (κ3) is 6.43. The number of halogens is 3. The molecule has 34 heavy (non-hydrogen) atoms. The average Bonchev–Trinajstić information content (AvgIpc) is 2.80. The Labute approximate surface area is 214 Å². The Hall–Kier alpha value is -2.29. The zero-order chi connectivity index (χ0) is 24.9. The predicted octanol–water partition coefficient (Wildman–Crippen LogP) is 5.84. The van der Waals surface area contributed by atoms with Crippen molar-refractivity contribution in [3.8, 4) is 5.75 Å². The molecule has 0 aliphatic carbocycles. The first kappa shape index (κ1) is 26.3. The Morgan fingerprint density at radius 2 is 1.65 bits per heavy atom. The molecule has 10 heteroatoms. The van der Waals surface area contributed by atoms with Crippen molar-refractivity contribution in [1.82, 2.24) is 4.31 Å². The number of sulfonamides is 1. The predicted molar refractivity (Wildman–Crippen MR) is 137 cm³/mol. The standard InChI is InChI=1S/C24H23Cl3N2O4S/c1-16-8-9-22(33-2)23(12-16)34(31,32)29(11-10-17-6-4-3-5-7-17)15-24(30)28-21-14-19(26)18(25)13-20(21)27/h3-9,12-14H,10-11,15H2,1-2H3,(H,28,30). The lowest BCUT2D eigenvalue weighted by Crippen LogP contribution is -2.39. The van der Waals surface area contributed by atoms with E-state index in [4.69, 9.17) is 39.5 Å². The smallest absolute Gasteiger partial charge is 0.247 e. The lowest BCUT2D eigenvalue weighted by molar-refractivity contribution is -0.116. The number of hydrogen-bond acceptors (Lipinski definition) is 4. The van der Waals surface area contributed by atoms with E-state index >= 15 is 0 Å². The van der Waals surface area contributed by atoms with Crippen molar-refractivity contribution in [3.63, 3.8) is 0 Å². The van der Waals surface area contributed by atoms with Gasteiger partial charge in [-0.15, -0.1) is 0 Å². The van der Waals surface area contributed by atoms with E-state index in [1.807, 2.05) is 30.3 Å².